The van der Waals surface area contributed by atoms with E-state index in [4.69, 9.17) is 0 Å². The van der Waals surface area contributed by atoms with E-state index in [0.717, 1.165) is 56.9 Å². The molecule has 0 bridgehead atoms. The van der Waals surface area contributed by atoms with Gasteiger partial charge in [-0.25, -0.2) is 4.98 Å². The molecule has 5 heteroatoms. The Morgan fingerprint density at radius 3 is 2.55 bits per heavy atom. The topological polar surface area (TPSA) is 39.7 Å². The van der Waals surface area contributed by atoms with Crippen molar-refractivity contribution >= 4 is 11.7 Å². The number of rotatable bonds is 3. The Labute approximate surface area is 173 Å². The predicted molar refractivity (Wildman–Crippen MR) is 115 cm³/mol. The van der Waals surface area contributed by atoms with E-state index >= 15 is 0 Å². The second-order valence-corrected chi connectivity index (χ2v) is 8.85. The molecule has 0 radical (unpaired) electrons. The number of likely N-dealkylation sites (tertiary alicyclic amines) is 2. The third-order valence-corrected chi connectivity index (χ3v) is 7.00. The number of carbonyl (C=O) groups excluding carboxylic acids is 1. The van der Waals surface area contributed by atoms with E-state index in [2.05, 4.69) is 52.2 Å². The van der Waals surface area contributed by atoms with Gasteiger partial charge in [0.15, 0.2) is 0 Å². The highest BCUT2D eigenvalue weighted by atomic mass is 16.2. The molecular formula is C24H30N4O. The maximum absolute atomic E-state index is 13.2. The van der Waals surface area contributed by atoms with Crippen molar-refractivity contribution in [2.75, 3.05) is 44.7 Å². The number of amides is 1. The molecule has 3 saturated heterocycles. The van der Waals surface area contributed by atoms with E-state index < -0.39 is 0 Å². The van der Waals surface area contributed by atoms with Crippen molar-refractivity contribution in [3.8, 4) is 0 Å². The molecule has 0 N–H and O–H groups in total. The summed E-state index contributed by atoms with van der Waals surface area (Å²) >= 11 is 0. The number of hydrogen-bond donors (Lipinski definition) is 0. The standard InChI is InChI=1S/C24H30N4O/c1-26-15-19-16-28(17-21(19)22(26)18-9-4-2-5-10-18)23-20(11-8-12-25-23)24(29)27-13-6-3-7-14-27/h2,4-5,8-12,19,21-22H,3,6-7,13-17H2,1H3/t19-,21+,22-/m0/s1. The van der Waals surface area contributed by atoms with Crippen LogP contribution in [0.5, 0.6) is 0 Å². The molecule has 0 spiro atoms. The largest absolute Gasteiger partial charge is 0.355 e. The summed E-state index contributed by atoms with van der Waals surface area (Å²) in [6.45, 7) is 4.79. The summed E-state index contributed by atoms with van der Waals surface area (Å²) in [5, 5.41) is 0. The lowest BCUT2D eigenvalue weighted by molar-refractivity contribution is 0.0724. The van der Waals surface area contributed by atoms with Gasteiger partial charge in [-0.05, 0) is 49.9 Å². The predicted octanol–water partition coefficient (Wildman–Crippen LogP) is 3.45. The minimum Gasteiger partial charge on any atom is -0.355 e. The van der Waals surface area contributed by atoms with E-state index in [9.17, 15) is 4.79 Å². The molecule has 3 atom stereocenters. The van der Waals surface area contributed by atoms with Gasteiger partial charge < -0.3 is 9.80 Å². The Hall–Kier alpha value is -2.40. The van der Waals surface area contributed by atoms with Crippen LogP contribution >= 0.6 is 0 Å². The lowest BCUT2D eigenvalue weighted by atomic mass is 9.90. The van der Waals surface area contributed by atoms with Gasteiger partial charge in [0.1, 0.15) is 5.82 Å². The smallest absolute Gasteiger partial charge is 0.257 e. The van der Waals surface area contributed by atoms with E-state index in [0.29, 0.717) is 17.9 Å². The van der Waals surface area contributed by atoms with Gasteiger partial charge in [-0.2, -0.15) is 0 Å². The normalized spacial score (nSPS) is 27.3. The van der Waals surface area contributed by atoms with Gasteiger partial charge in [0.2, 0.25) is 0 Å². The first-order valence-corrected chi connectivity index (χ1v) is 11.0. The molecule has 0 aliphatic carbocycles. The molecule has 4 heterocycles. The molecule has 3 aliphatic rings. The van der Waals surface area contributed by atoms with E-state index in [1.54, 1.807) is 0 Å². The fourth-order valence-corrected chi connectivity index (χ4v) is 5.67. The molecule has 0 saturated carbocycles. The minimum absolute atomic E-state index is 0.154. The number of pyridine rings is 1. The van der Waals surface area contributed by atoms with Crippen molar-refractivity contribution in [2.24, 2.45) is 11.8 Å². The van der Waals surface area contributed by atoms with Crippen LogP contribution in [0, 0.1) is 11.8 Å². The van der Waals surface area contributed by atoms with Crippen molar-refractivity contribution in [3.05, 3.63) is 59.8 Å². The van der Waals surface area contributed by atoms with Gasteiger partial charge in [0.05, 0.1) is 5.56 Å². The van der Waals surface area contributed by atoms with Gasteiger partial charge in [0.25, 0.3) is 5.91 Å². The SMILES string of the molecule is CN1C[C@H]2CN(c3ncccc3C(=O)N3CCCCC3)C[C@H]2[C@@H]1c1ccccc1. The third-order valence-electron chi connectivity index (χ3n) is 7.00. The van der Waals surface area contributed by atoms with Crippen molar-refractivity contribution in [3.63, 3.8) is 0 Å². The average Bonchev–Trinajstić information content (AvgIpc) is 3.31. The van der Waals surface area contributed by atoms with Gasteiger partial charge in [-0.15, -0.1) is 0 Å². The fraction of sp³-hybridized carbons (Fsp3) is 0.500. The Morgan fingerprint density at radius 1 is 0.966 bits per heavy atom. The fourth-order valence-electron chi connectivity index (χ4n) is 5.67. The first-order chi connectivity index (χ1) is 14.2. The summed E-state index contributed by atoms with van der Waals surface area (Å²) in [7, 11) is 2.24. The van der Waals surface area contributed by atoms with Crippen LogP contribution in [0.3, 0.4) is 0 Å². The summed E-state index contributed by atoms with van der Waals surface area (Å²) in [6, 6.07) is 15.2. The lowest BCUT2D eigenvalue weighted by Crippen LogP contribution is -2.37. The number of anilines is 1. The van der Waals surface area contributed by atoms with Crippen molar-refractivity contribution < 1.29 is 4.79 Å². The van der Waals surface area contributed by atoms with Crippen LogP contribution in [0.4, 0.5) is 5.82 Å². The zero-order valence-corrected chi connectivity index (χ0v) is 17.2. The summed E-state index contributed by atoms with van der Waals surface area (Å²) in [6.07, 6.45) is 5.28. The quantitative estimate of drug-likeness (QED) is 0.805. The lowest BCUT2D eigenvalue weighted by Gasteiger charge is -2.30. The van der Waals surface area contributed by atoms with Gasteiger partial charge in [-0.1, -0.05) is 30.3 Å². The maximum Gasteiger partial charge on any atom is 0.257 e. The zero-order chi connectivity index (χ0) is 19.8. The molecular weight excluding hydrogens is 360 g/mol. The van der Waals surface area contributed by atoms with Crippen LogP contribution in [-0.2, 0) is 0 Å². The van der Waals surface area contributed by atoms with Crippen LogP contribution < -0.4 is 4.90 Å². The molecule has 2 aromatic rings. The minimum atomic E-state index is 0.154. The molecule has 1 amide bonds. The van der Waals surface area contributed by atoms with Gasteiger partial charge in [0, 0.05) is 50.9 Å². The number of piperidine rings is 1. The summed E-state index contributed by atoms with van der Waals surface area (Å²) in [5.41, 5.74) is 2.17. The summed E-state index contributed by atoms with van der Waals surface area (Å²) in [4.78, 5) is 24.8. The van der Waals surface area contributed by atoms with Crippen LogP contribution in [0.15, 0.2) is 48.7 Å². The van der Waals surface area contributed by atoms with Crippen LogP contribution in [-0.4, -0.2) is 60.5 Å². The molecule has 0 unspecified atom stereocenters. The monoisotopic (exact) mass is 390 g/mol. The zero-order valence-electron chi connectivity index (χ0n) is 17.2. The van der Waals surface area contributed by atoms with Crippen LogP contribution in [0.25, 0.3) is 0 Å². The summed E-state index contributed by atoms with van der Waals surface area (Å²) in [5.74, 6) is 2.22. The number of benzene rings is 1. The number of aromatic nitrogens is 1. The number of nitrogens with zero attached hydrogens (tertiary/aromatic N) is 4. The van der Waals surface area contributed by atoms with Crippen molar-refractivity contribution in [1.82, 2.24) is 14.8 Å². The number of carbonyl (C=O) groups is 1. The van der Waals surface area contributed by atoms with Crippen LogP contribution in [0.1, 0.15) is 41.2 Å². The maximum atomic E-state index is 13.2. The van der Waals surface area contributed by atoms with Crippen molar-refractivity contribution in [2.45, 2.75) is 25.3 Å². The Balaban J connectivity index is 1.39. The highest BCUT2D eigenvalue weighted by Gasteiger charge is 2.46. The molecule has 5 rings (SSSR count). The molecule has 1 aromatic heterocycles. The van der Waals surface area contributed by atoms with Crippen molar-refractivity contribution in [1.29, 1.82) is 0 Å². The Morgan fingerprint density at radius 2 is 1.76 bits per heavy atom. The summed E-state index contributed by atoms with van der Waals surface area (Å²) < 4.78 is 0. The molecule has 1 aromatic carbocycles. The molecule has 152 valence electrons. The van der Waals surface area contributed by atoms with Gasteiger partial charge in [-0.3, -0.25) is 9.69 Å². The highest BCUT2D eigenvalue weighted by Crippen LogP contribution is 2.45. The van der Waals surface area contributed by atoms with Gasteiger partial charge >= 0.3 is 0 Å². The highest BCUT2D eigenvalue weighted by molar-refractivity contribution is 5.99. The molecule has 29 heavy (non-hydrogen) atoms. The average molecular weight is 391 g/mol. The third kappa shape index (κ3) is 3.42. The Kier molecular flexibility index (Phi) is 5.00. The second-order valence-electron chi connectivity index (χ2n) is 8.85. The number of fused-ring (bicyclic) bond motifs is 1. The first-order valence-electron chi connectivity index (χ1n) is 11.0. The second kappa shape index (κ2) is 7.79. The molecule has 3 fully saturated rings. The first kappa shape index (κ1) is 18.6. The molecule has 3 aliphatic heterocycles. The van der Waals surface area contributed by atoms with E-state index in [1.807, 2.05) is 23.2 Å². The number of hydrogen-bond acceptors (Lipinski definition) is 4. The van der Waals surface area contributed by atoms with E-state index in [-0.39, 0.29) is 5.91 Å². The molecule has 5 nitrogen and oxygen atoms in total. The van der Waals surface area contributed by atoms with Crippen LogP contribution in [0.2, 0.25) is 0 Å². The van der Waals surface area contributed by atoms with E-state index in [1.165, 1.54) is 12.0 Å². The Bertz CT molecular complexity index is 864.